The van der Waals surface area contributed by atoms with E-state index in [-0.39, 0.29) is 17.9 Å². The van der Waals surface area contributed by atoms with E-state index in [0.717, 1.165) is 29.0 Å². The molecule has 134 valence electrons. The van der Waals surface area contributed by atoms with Gasteiger partial charge < -0.3 is 9.88 Å². The first-order valence-electron chi connectivity index (χ1n) is 9.25. The third-order valence-electron chi connectivity index (χ3n) is 5.49. The Morgan fingerprint density at radius 2 is 1.70 bits per heavy atom. The van der Waals surface area contributed by atoms with Gasteiger partial charge in [0, 0.05) is 0 Å². The number of halogens is 1. The van der Waals surface area contributed by atoms with Gasteiger partial charge in [-0.05, 0) is 54.3 Å². The van der Waals surface area contributed by atoms with E-state index >= 15 is 0 Å². The highest BCUT2D eigenvalue weighted by Crippen LogP contribution is 2.41. The van der Waals surface area contributed by atoms with Crippen LogP contribution in [0.15, 0.2) is 72.8 Å². The molecule has 4 heteroatoms. The Morgan fingerprint density at radius 3 is 2.52 bits per heavy atom. The Labute approximate surface area is 157 Å². The lowest BCUT2D eigenvalue weighted by molar-refractivity contribution is 0.475. The molecule has 1 aromatic heterocycles. The van der Waals surface area contributed by atoms with Crippen LogP contribution in [-0.2, 0) is 0 Å². The van der Waals surface area contributed by atoms with Crippen molar-refractivity contribution in [3.05, 3.63) is 95.3 Å². The Hall–Kier alpha value is -3.14. The Kier molecular flexibility index (Phi) is 3.71. The molecule has 0 unspecified atom stereocenters. The second kappa shape index (κ2) is 6.23. The minimum Gasteiger partial charge on any atom is -0.349 e. The summed E-state index contributed by atoms with van der Waals surface area (Å²) < 4.78 is 15.7. The predicted octanol–water partition coefficient (Wildman–Crippen LogP) is 5.63. The average molecular weight is 357 g/mol. The second-order valence-electron chi connectivity index (χ2n) is 7.15. The Morgan fingerprint density at radius 1 is 0.963 bits per heavy atom. The van der Waals surface area contributed by atoms with Crippen molar-refractivity contribution in [2.75, 3.05) is 5.32 Å². The van der Waals surface area contributed by atoms with Crippen molar-refractivity contribution in [2.24, 2.45) is 0 Å². The van der Waals surface area contributed by atoms with Crippen LogP contribution in [0.3, 0.4) is 0 Å². The zero-order chi connectivity index (χ0) is 18.4. The molecule has 0 saturated carbocycles. The summed E-state index contributed by atoms with van der Waals surface area (Å²) in [7, 11) is 0. The minimum atomic E-state index is -0.211. The summed E-state index contributed by atoms with van der Waals surface area (Å²) >= 11 is 0. The maximum absolute atomic E-state index is 13.4. The number of benzene rings is 3. The smallest absolute Gasteiger partial charge is 0.204 e. The molecule has 0 saturated heterocycles. The van der Waals surface area contributed by atoms with Gasteiger partial charge in [0.15, 0.2) is 0 Å². The number of hydrogen-bond donors (Lipinski definition) is 1. The number of hydrogen-bond acceptors (Lipinski definition) is 2. The van der Waals surface area contributed by atoms with Gasteiger partial charge in [0.1, 0.15) is 5.82 Å². The molecule has 0 spiro atoms. The zero-order valence-corrected chi connectivity index (χ0v) is 15.1. The fraction of sp³-hybridized carbons (Fsp3) is 0.174. The summed E-state index contributed by atoms with van der Waals surface area (Å²) in [6.45, 7) is 2.16. The number of imidazole rings is 1. The van der Waals surface area contributed by atoms with Crippen molar-refractivity contribution in [3.8, 4) is 0 Å². The number of nitrogens with zero attached hydrogens (tertiary/aromatic N) is 2. The van der Waals surface area contributed by atoms with Crippen molar-refractivity contribution in [3.63, 3.8) is 0 Å². The molecule has 1 aliphatic rings. The number of rotatable bonds is 2. The normalized spacial score (nSPS) is 18.9. The molecule has 3 aromatic carbocycles. The van der Waals surface area contributed by atoms with Crippen molar-refractivity contribution in [2.45, 2.75) is 25.4 Å². The number of nitrogens with one attached hydrogen (secondary N) is 1. The number of anilines is 1. The molecule has 4 aromatic rings. The second-order valence-corrected chi connectivity index (χ2v) is 7.15. The van der Waals surface area contributed by atoms with Crippen LogP contribution in [0.4, 0.5) is 10.3 Å². The van der Waals surface area contributed by atoms with Crippen LogP contribution in [0.5, 0.6) is 0 Å². The van der Waals surface area contributed by atoms with Gasteiger partial charge in [-0.25, -0.2) is 9.37 Å². The highest BCUT2D eigenvalue weighted by atomic mass is 19.1. The highest BCUT2D eigenvalue weighted by molar-refractivity contribution is 5.79. The molecule has 2 heterocycles. The van der Waals surface area contributed by atoms with Crippen LogP contribution in [0.2, 0.25) is 0 Å². The molecular weight excluding hydrogens is 337 g/mol. The first-order chi connectivity index (χ1) is 13.2. The van der Waals surface area contributed by atoms with Crippen molar-refractivity contribution in [1.82, 2.24) is 9.55 Å². The molecule has 0 fully saturated rings. The van der Waals surface area contributed by atoms with E-state index in [1.54, 1.807) is 0 Å². The molecular formula is C23H20FN3. The summed E-state index contributed by atoms with van der Waals surface area (Å²) in [5.74, 6) is 0.655. The molecule has 0 radical (unpaired) electrons. The monoisotopic (exact) mass is 357 g/mol. The van der Waals surface area contributed by atoms with E-state index in [9.17, 15) is 4.39 Å². The van der Waals surface area contributed by atoms with Crippen LogP contribution in [-0.4, -0.2) is 9.55 Å². The molecule has 0 amide bonds. The van der Waals surface area contributed by atoms with Gasteiger partial charge in [0.05, 0.1) is 23.1 Å². The van der Waals surface area contributed by atoms with E-state index in [4.69, 9.17) is 4.98 Å². The van der Waals surface area contributed by atoms with Crippen LogP contribution in [0, 0.1) is 12.7 Å². The molecule has 5 rings (SSSR count). The maximum Gasteiger partial charge on any atom is 0.204 e. The Bertz CT molecular complexity index is 1110. The van der Waals surface area contributed by atoms with Gasteiger partial charge in [0.2, 0.25) is 5.95 Å². The Balaban J connectivity index is 1.68. The van der Waals surface area contributed by atoms with Crippen molar-refractivity contribution < 1.29 is 4.39 Å². The topological polar surface area (TPSA) is 29.9 Å². The number of aryl methyl sites for hydroxylation is 1. The minimum absolute atomic E-state index is 0.0829. The summed E-state index contributed by atoms with van der Waals surface area (Å²) in [6, 6.07) is 23.8. The van der Waals surface area contributed by atoms with Crippen LogP contribution in [0.25, 0.3) is 11.0 Å². The van der Waals surface area contributed by atoms with Gasteiger partial charge in [0.25, 0.3) is 0 Å². The van der Waals surface area contributed by atoms with Gasteiger partial charge >= 0.3 is 0 Å². The van der Waals surface area contributed by atoms with Gasteiger partial charge in [-0.2, -0.15) is 0 Å². The molecule has 27 heavy (non-hydrogen) atoms. The number of fused-ring (bicyclic) bond motifs is 3. The molecule has 3 nitrogen and oxygen atoms in total. The SMILES string of the molecule is Cc1ccccc1[C@@H]1C[C@@H](c2ccc(F)cc2)Nc2nc3ccccc3n21. The van der Waals surface area contributed by atoms with Crippen molar-refractivity contribution >= 4 is 17.0 Å². The molecule has 1 aliphatic heterocycles. The summed E-state index contributed by atoms with van der Waals surface area (Å²) in [6.07, 6.45) is 0.879. The number of para-hydroxylation sites is 2. The van der Waals surface area contributed by atoms with Gasteiger partial charge in [-0.3, -0.25) is 0 Å². The van der Waals surface area contributed by atoms with E-state index < -0.39 is 0 Å². The lowest BCUT2D eigenvalue weighted by Gasteiger charge is -2.34. The first-order valence-corrected chi connectivity index (χ1v) is 9.25. The fourth-order valence-electron chi connectivity index (χ4n) is 4.15. The maximum atomic E-state index is 13.4. The summed E-state index contributed by atoms with van der Waals surface area (Å²) in [4.78, 5) is 4.83. The van der Waals surface area contributed by atoms with Crippen molar-refractivity contribution in [1.29, 1.82) is 0 Å². The quantitative estimate of drug-likeness (QED) is 0.504. The van der Waals surface area contributed by atoms with E-state index in [1.165, 1.54) is 23.3 Å². The molecule has 0 bridgehead atoms. The largest absolute Gasteiger partial charge is 0.349 e. The molecule has 2 atom stereocenters. The molecule has 1 N–H and O–H groups in total. The lowest BCUT2D eigenvalue weighted by Crippen LogP contribution is -2.27. The third-order valence-corrected chi connectivity index (χ3v) is 5.49. The standard InChI is InChI=1S/C23H20FN3/c1-15-6-2-3-7-18(15)22-14-20(16-10-12-17(24)13-11-16)26-23-25-19-8-4-5-9-21(19)27(22)23/h2-13,20,22H,14H2,1H3,(H,25,26)/t20-,22-/m0/s1. The van der Waals surface area contributed by atoms with Crippen LogP contribution < -0.4 is 5.32 Å². The van der Waals surface area contributed by atoms with Gasteiger partial charge in [-0.1, -0.05) is 48.5 Å². The van der Waals surface area contributed by atoms with Crippen LogP contribution in [0.1, 0.15) is 35.2 Å². The summed E-state index contributed by atoms with van der Waals surface area (Å²) in [5, 5.41) is 3.57. The van der Waals surface area contributed by atoms with Crippen LogP contribution >= 0.6 is 0 Å². The summed E-state index contributed by atoms with van der Waals surface area (Å²) in [5.41, 5.74) is 5.76. The first kappa shape index (κ1) is 16.1. The number of aromatic nitrogens is 2. The third kappa shape index (κ3) is 2.69. The predicted molar refractivity (Wildman–Crippen MR) is 106 cm³/mol. The molecule has 0 aliphatic carbocycles. The lowest BCUT2D eigenvalue weighted by atomic mass is 9.91. The highest BCUT2D eigenvalue weighted by Gasteiger charge is 2.31. The zero-order valence-electron chi connectivity index (χ0n) is 15.1. The van der Waals surface area contributed by atoms with E-state index in [0.29, 0.717) is 0 Å². The van der Waals surface area contributed by atoms with Gasteiger partial charge in [-0.15, -0.1) is 0 Å². The average Bonchev–Trinajstić information content (AvgIpc) is 3.07. The van der Waals surface area contributed by atoms with E-state index in [1.807, 2.05) is 24.3 Å². The van der Waals surface area contributed by atoms with E-state index in [2.05, 4.69) is 53.2 Å². The fourth-order valence-corrected chi connectivity index (χ4v) is 4.15.